The Kier molecular flexibility index (Phi) is 6.16. The highest BCUT2D eigenvalue weighted by Crippen LogP contribution is 1.94. The zero-order valence-electron chi connectivity index (χ0n) is 8.86. The lowest BCUT2D eigenvalue weighted by molar-refractivity contribution is -0.110. The molecule has 82 valence electrons. The van der Waals surface area contributed by atoms with Gasteiger partial charge in [-0.15, -0.1) is 10.2 Å². The third-order valence-electron chi connectivity index (χ3n) is 1.70. The van der Waals surface area contributed by atoms with Gasteiger partial charge in [0.05, 0.1) is 12.4 Å². The van der Waals surface area contributed by atoms with E-state index in [-0.39, 0.29) is 5.78 Å². The van der Waals surface area contributed by atoms with Crippen LogP contribution in [0.2, 0.25) is 0 Å². The van der Waals surface area contributed by atoms with E-state index in [2.05, 4.69) is 15.4 Å². The SMILES string of the molecule is O=C1\C=C/C=C\N=N\N=C/C=C\CC/C=C\1. The molecule has 4 heteroatoms. The predicted octanol–water partition coefficient (Wildman–Crippen LogP) is 2.97. The summed E-state index contributed by atoms with van der Waals surface area (Å²) in [5.41, 5.74) is 0. The number of carbonyl (C=O) groups excluding carboxylic acids is 1. The number of rotatable bonds is 0. The zero-order valence-corrected chi connectivity index (χ0v) is 8.86. The second-order valence-corrected chi connectivity index (χ2v) is 2.98. The van der Waals surface area contributed by atoms with Crippen LogP contribution in [0.25, 0.3) is 0 Å². The maximum Gasteiger partial charge on any atom is 0.178 e. The minimum absolute atomic E-state index is 0.0308. The molecule has 0 bridgehead atoms. The molecule has 0 atom stereocenters. The van der Waals surface area contributed by atoms with Crippen LogP contribution in [0.5, 0.6) is 0 Å². The van der Waals surface area contributed by atoms with Gasteiger partial charge in [0.25, 0.3) is 0 Å². The van der Waals surface area contributed by atoms with Crippen LogP contribution < -0.4 is 0 Å². The first kappa shape index (κ1) is 12.0. The second kappa shape index (κ2) is 8.23. The topological polar surface area (TPSA) is 54.1 Å². The normalized spacial score (nSPS) is 29.4. The first-order valence-corrected chi connectivity index (χ1v) is 5.01. The fraction of sp³-hybridized carbons (Fsp3) is 0.167. The molecule has 1 rings (SSSR count). The molecule has 0 spiro atoms. The van der Waals surface area contributed by atoms with Gasteiger partial charge in [-0.05, 0) is 42.4 Å². The Morgan fingerprint density at radius 3 is 2.81 bits per heavy atom. The van der Waals surface area contributed by atoms with Crippen LogP contribution in [0.4, 0.5) is 0 Å². The highest BCUT2D eigenvalue weighted by molar-refractivity contribution is 5.99. The molecule has 1 aliphatic heterocycles. The molecule has 0 saturated carbocycles. The molecule has 0 saturated heterocycles. The van der Waals surface area contributed by atoms with Crippen LogP contribution in [0.1, 0.15) is 12.8 Å². The van der Waals surface area contributed by atoms with Crippen LogP contribution in [-0.2, 0) is 4.79 Å². The van der Waals surface area contributed by atoms with Crippen LogP contribution >= 0.6 is 0 Å². The lowest BCUT2D eigenvalue weighted by Gasteiger charge is -1.85. The summed E-state index contributed by atoms with van der Waals surface area (Å²) in [6.45, 7) is 0. The van der Waals surface area contributed by atoms with Gasteiger partial charge in [0.15, 0.2) is 5.78 Å². The fourth-order valence-corrected chi connectivity index (χ4v) is 0.971. The first-order valence-electron chi connectivity index (χ1n) is 5.01. The van der Waals surface area contributed by atoms with Gasteiger partial charge in [-0.1, -0.05) is 18.2 Å². The number of hydrogen-bond donors (Lipinski definition) is 0. The Labute approximate surface area is 94.5 Å². The Balaban J connectivity index is 2.64. The van der Waals surface area contributed by atoms with Gasteiger partial charge in [0.2, 0.25) is 0 Å². The summed E-state index contributed by atoms with van der Waals surface area (Å²) < 4.78 is 0. The largest absolute Gasteiger partial charge is 0.290 e. The Morgan fingerprint density at radius 1 is 1.00 bits per heavy atom. The Bertz CT molecular complexity index is 387. The van der Waals surface area contributed by atoms with E-state index in [1.165, 1.54) is 12.3 Å². The van der Waals surface area contributed by atoms with E-state index in [4.69, 9.17) is 0 Å². The molecule has 0 radical (unpaired) electrons. The molecule has 0 fully saturated rings. The summed E-state index contributed by atoms with van der Waals surface area (Å²) in [6, 6.07) is 0. The van der Waals surface area contributed by atoms with Crippen molar-refractivity contribution in [1.29, 1.82) is 0 Å². The van der Waals surface area contributed by atoms with Crippen molar-refractivity contribution in [2.75, 3.05) is 0 Å². The van der Waals surface area contributed by atoms with E-state index < -0.39 is 0 Å². The van der Waals surface area contributed by atoms with Crippen LogP contribution in [0.15, 0.2) is 64.2 Å². The average molecular weight is 215 g/mol. The summed E-state index contributed by atoms with van der Waals surface area (Å²) in [6.07, 6.45) is 16.6. The quantitative estimate of drug-likeness (QED) is 0.612. The van der Waals surface area contributed by atoms with Crippen molar-refractivity contribution >= 4 is 12.0 Å². The van der Waals surface area contributed by atoms with Gasteiger partial charge in [-0.25, -0.2) is 0 Å². The molecular weight excluding hydrogens is 202 g/mol. The molecule has 0 amide bonds. The third-order valence-corrected chi connectivity index (χ3v) is 1.70. The molecule has 0 aliphatic carbocycles. The Morgan fingerprint density at radius 2 is 1.88 bits per heavy atom. The van der Waals surface area contributed by atoms with Gasteiger partial charge in [-0.2, -0.15) is 0 Å². The molecular formula is C12H13N3O. The highest BCUT2D eigenvalue weighted by Gasteiger charge is 1.85. The van der Waals surface area contributed by atoms with E-state index in [0.717, 1.165) is 12.8 Å². The number of hydrogen-bond acceptors (Lipinski definition) is 4. The summed E-state index contributed by atoms with van der Waals surface area (Å²) in [5, 5.41) is 10.8. The van der Waals surface area contributed by atoms with Crippen molar-refractivity contribution in [3.8, 4) is 0 Å². The third kappa shape index (κ3) is 6.37. The standard InChI is InChI=1S/C12H13N3O/c16-12-8-4-2-1-3-6-10-13-15-14-11-7-5-9-12/h3-11H,1-2H2/b6-3-,8-4-,9-5-,11-7-,13-10-,15-14+. The summed E-state index contributed by atoms with van der Waals surface area (Å²) in [7, 11) is 0. The number of allylic oxidation sites excluding steroid dienone is 7. The zero-order chi connectivity index (χ0) is 11.5. The van der Waals surface area contributed by atoms with Crippen molar-refractivity contribution in [2.45, 2.75) is 12.8 Å². The van der Waals surface area contributed by atoms with Crippen molar-refractivity contribution in [1.82, 2.24) is 0 Å². The van der Waals surface area contributed by atoms with Crippen molar-refractivity contribution in [3.63, 3.8) is 0 Å². The minimum Gasteiger partial charge on any atom is -0.290 e. The fourth-order valence-electron chi connectivity index (χ4n) is 0.971. The van der Waals surface area contributed by atoms with Crippen molar-refractivity contribution in [3.05, 3.63) is 48.7 Å². The molecule has 4 nitrogen and oxygen atoms in total. The van der Waals surface area contributed by atoms with Gasteiger partial charge in [-0.3, -0.25) is 4.79 Å². The number of carbonyl (C=O) groups is 1. The lowest BCUT2D eigenvalue weighted by Crippen LogP contribution is -1.83. The molecule has 0 aromatic rings. The first-order chi connectivity index (χ1) is 7.89. The summed E-state index contributed by atoms with van der Waals surface area (Å²) >= 11 is 0. The van der Waals surface area contributed by atoms with E-state index in [9.17, 15) is 4.79 Å². The molecule has 0 N–H and O–H groups in total. The maximum atomic E-state index is 11.2. The van der Waals surface area contributed by atoms with Crippen molar-refractivity contribution < 1.29 is 4.79 Å². The summed E-state index contributed by atoms with van der Waals surface area (Å²) in [5.74, 6) is -0.0308. The van der Waals surface area contributed by atoms with Gasteiger partial charge < -0.3 is 0 Å². The summed E-state index contributed by atoms with van der Waals surface area (Å²) in [4.78, 5) is 11.2. The van der Waals surface area contributed by atoms with E-state index >= 15 is 0 Å². The molecule has 1 aliphatic rings. The highest BCUT2D eigenvalue weighted by atomic mass is 16.1. The molecule has 16 heavy (non-hydrogen) atoms. The van der Waals surface area contributed by atoms with Gasteiger partial charge in [0, 0.05) is 0 Å². The van der Waals surface area contributed by atoms with E-state index in [0.29, 0.717) is 0 Å². The maximum absolute atomic E-state index is 11.2. The van der Waals surface area contributed by atoms with Crippen LogP contribution in [-0.4, -0.2) is 12.0 Å². The number of nitrogens with zero attached hydrogens (tertiary/aromatic N) is 3. The van der Waals surface area contributed by atoms with Crippen molar-refractivity contribution in [2.24, 2.45) is 15.4 Å². The van der Waals surface area contributed by atoms with Crippen LogP contribution in [0.3, 0.4) is 0 Å². The van der Waals surface area contributed by atoms with E-state index in [1.54, 1.807) is 30.5 Å². The molecule has 0 unspecified atom stereocenters. The predicted molar refractivity (Wildman–Crippen MR) is 64.1 cm³/mol. The smallest absolute Gasteiger partial charge is 0.178 e. The van der Waals surface area contributed by atoms with Gasteiger partial charge in [0.1, 0.15) is 0 Å². The monoisotopic (exact) mass is 215 g/mol. The number of ketones is 1. The van der Waals surface area contributed by atoms with E-state index in [1.807, 2.05) is 12.2 Å². The van der Waals surface area contributed by atoms with Crippen LogP contribution in [0, 0.1) is 0 Å². The Hall–Kier alpha value is -2.10. The van der Waals surface area contributed by atoms with Gasteiger partial charge >= 0.3 is 0 Å². The molecule has 1 heterocycles. The average Bonchev–Trinajstić information content (AvgIpc) is 2.29. The molecule has 0 aromatic heterocycles. The molecule has 0 aromatic carbocycles. The lowest BCUT2D eigenvalue weighted by atomic mass is 10.2. The minimum atomic E-state index is -0.0308. The second-order valence-electron chi connectivity index (χ2n) is 2.98.